The number of fused-ring (bicyclic) bond motifs is 1. The molecule has 154 valence electrons. The van der Waals surface area contributed by atoms with Crippen LogP contribution < -0.4 is 17.2 Å². The first-order chi connectivity index (χ1) is 14.0. The molecule has 0 unspecified atom stereocenters. The van der Waals surface area contributed by atoms with Crippen LogP contribution in [0.2, 0.25) is 0 Å². The van der Waals surface area contributed by atoms with Crippen molar-refractivity contribution in [1.29, 1.82) is 0 Å². The maximum atomic E-state index is 12.3. The number of aliphatic imine (C=N–C) groups is 1. The van der Waals surface area contributed by atoms with Crippen molar-refractivity contribution in [3.8, 4) is 5.69 Å². The first-order valence-corrected chi connectivity index (χ1v) is 9.97. The SMILES string of the molecule is CC.Cc1cc2cn(-c3ccc(CN4CC[C@@H](N=C(N)N)C4)cc3)c(=O)nc2[nH]1. The molecule has 5 N–H and O–H groups in total. The van der Waals surface area contributed by atoms with Crippen LogP contribution in [0.5, 0.6) is 0 Å². The number of nitrogens with two attached hydrogens (primary N) is 2. The molecule has 0 saturated carbocycles. The minimum absolute atomic E-state index is 0.153. The van der Waals surface area contributed by atoms with Crippen molar-refractivity contribution in [2.45, 2.75) is 39.8 Å². The van der Waals surface area contributed by atoms with E-state index in [9.17, 15) is 4.79 Å². The summed E-state index contributed by atoms with van der Waals surface area (Å²) < 4.78 is 1.57. The molecule has 1 atom stereocenters. The number of aryl methyl sites for hydroxylation is 1. The Morgan fingerprint density at radius 1 is 1.28 bits per heavy atom. The normalized spacial score (nSPS) is 16.4. The summed E-state index contributed by atoms with van der Waals surface area (Å²) in [5, 5.41) is 0.916. The van der Waals surface area contributed by atoms with Crippen LogP contribution >= 0.6 is 0 Å². The summed E-state index contributed by atoms with van der Waals surface area (Å²) in [6, 6.07) is 10.1. The third-order valence-corrected chi connectivity index (χ3v) is 4.84. The first kappa shape index (κ1) is 20.6. The van der Waals surface area contributed by atoms with Crippen molar-refractivity contribution in [3.05, 3.63) is 58.3 Å². The maximum Gasteiger partial charge on any atom is 0.354 e. The highest BCUT2D eigenvalue weighted by Gasteiger charge is 2.21. The Balaban J connectivity index is 0.00000117. The molecule has 1 aliphatic heterocycles. The number of benzene rings is 1. The van der Waals surface area contributed by atoms with Crippen molar-refractivity contribution in [2.75, 3.05) is 13.1 Å². The number of nitrogens with zero attached hydrogens (tertiary/aromatic N) is 4. The third-order valence-electron chi connectivity index (χ3n) is 4.84. The molecule has 29 heavy (non-hydrogen) atoms. The standard InChI is InChI=1S/C19H23N7O.C2H6/c1-12-8-14-10-26(19(27)24-17(14)22-12)16-4-2-13(3-5-16)9-25-7-6-15(11-25)23-18(20)21;1-2/h2-5,8,10,15H,6-7,9,11H2,1H3,(H4,20,21,23)(H,22,24,27);1-2H3/t15-;/m1./s1. The Kier molecular flexibility index (Phi) is 6.33. The summed E-state index contributed by atoms with van der Waals surface area (Å²) in [5.41, 5.74) is 14.2. The number of aromatic amines is 1. The zero-order valence-corrected chi connectivity index (χ0v) is 17.2. The molecule has 0 spiro atoms. The Morgan fingerprint density at radius 3 is 2.69 bits per heavy atom. The third kappa shape index (κ3) is 4.83. The molecule has 3 heterocycles. The van der Waals surface area contributed by atoms with E-state index in [1.165, 1.54) is 5.56 Å². The van der Waals surface area contributed by atoms with Gasteiger partial charge in [-0.15, -0.1) is 0 Å². The van der Waals surface area contributed by atoms with Crippen molar-refractivity contribution in [3.63, 3.8) is 0 Å². The van der Waals surface area contributed by atoms with E-state index >= 15 is 0 Å². The summed E-state index contributed by atoms with van der Waals surface area (Å²) in [6.07, 6.45) is 2.79. The molecule has 2 aromatic heterocycles. The first-order valence-electron chi connectivity index (χ1n) is 9.97. The molecular formula is C21H29N7O. The largest absolute Gasteiger partial charge is 0.370 e. The van der Waals surface area contributed by atoms with E-state index in [-0.39, 0.29) is 17.7 Å². The van der Waals surface area contributed by atoms with Gasteiger partial charge in [0, 0.05) is 36.9 Å². The Morgan fingerprint density at radius 2 is 2.00 bits per heavy atom. The van der Waals surface area contributed by atoms with Gasteiger partial charge in [-0.25, -0.2) is 9.79 Å². The number of hydrogen-bond donors (Lipinski definition) is 3. The highest BCUT2D eigenvalue weighted by atomic mass is 16.1. The summed E-state index contributed by atoms with van der Waals surface area (Å²) in [5.74, 6) is 0.153. The number of rotatable bonds is 4. The summed E-state index contributed by atoms with van der Waals surface area (Å²) in [6.45, 7) is 8.60. The van der Waals surface area contributed by atoms with Crippen molar-refractivity contribution in [1.82, 2.24) is 19.4 Å². The van der Waals surface area contributed by atoms with E-state index in [1.807, 2.05) is 57.3 Å². The van der Waals surface area contributed by atoms with E-state index in [0.717, 1.165) is 42.8 Å². The fourth-order valence-electron chi connectivity index (χ4n) is 3.61. The fraction of sp³-hybridized carbons (Fsp3) is 0.381. The van der Waals surface area contributed by atoms with Crippen LogP contribution in [0.3, 0.4) is 0 Å². The second kappa shape index (κ2) is 8.91. The maximum absolute atomic E-state index is 12.3. The van der Waals surface area contributed by atoms with Gasteiger partial charge < -0.3 is 16.5 Å². The number of H-pyrrole nitrogens is 1. The highest BCUT2D eigenvalue weighted by Crippen LogP contribution is 2.18. The second-order valence-electron chi connectivity index (χ2n) is 7.05. The van der Waals surface area contributed by atoms with Gasteiger partial charge in [0.25, 0.3) is 0 Å². The summed E-state index contributed by atoms with van der Waals surface area (Å²) in [4.78, 5) is 26.1. The number of hydrogen-bond acceptors (Lipinski definition) is 4. The zero-order chi connectivity index (χ0) is 21.0. The summed E-state index contributed by atoms with van der Waals surface area (Å²) >= 11 is 0. The van der Waals surface area contributed by atoms with E-state index in [1.54, 1.807) is 4.57 Å². The predicted octanol–water partition coefficient (Wildman–Crippen LogP) is 1.90. The van der Waals surface area contributed by atoms with Gasteiger partial charge in [0.2, 0.25) is 0 Å². The van der Waals surface area contributed by atoms with Gasteiger partial charge in [0.1, 0.15) is 5.65 Å². The monoisotopic (exact) mass is 395 g/mol. The van der Waals surface area contributed by atoms with Crippen LogP contribution in [0.1, 0.15) is 31.5 Å². The number of nitrogens with one attached hydrogen (secondary N) is 1. The minimum Gasteiger partial charge on any atom is -0.370 e. The van der Waals surface area contributed by atoms with Gasteiger partial charge in [-0.3, -0.25) is 9.47 Å². The molecule has 0 radical (unpaired) electrons. The number of aromatic nitrogens is 3. The van der Waals surface area contributed by atoms with Crippen molar-refractivity contribution < 1.29 is 0 Å². The fourth-order valence-corrected chi connectivity index (χ4v) is 3.61. The molecule has 1 saturated heterocycles. The lowest BCUT2D eigenvalue weighted by atomic mass is 10.2. The van der Waals surface area contributed by atoms with Crippen LogP contribution in [0.4, 0.5) is 0 Å². The van der Waals surface area contributed by atoms with Gasteiger partial charge >= 0.3 is 5.69 Å². The molecular weight excluding hydrogens is 366 g/mol. The molecule has 8 heteroatoms. The van der Waals surface area contributed by atoms with Gasteiger partial charge in [-0.05, 0) is 37.1 Å². The van der Waals surface area contributed by atoms with E-state index in [0.29, 0.717) is 5.65 Å². The average Bonchev–Trinajstić information content (AvgIpc) is 3.27. The molecule has 3 aromatic rings. The van der Waals surface area contributed by atoms with Crippen LogP contribution in [0, 0.1) is 6.92 Å². The lowest BCUT2D eigenvalue weighted by molar-refractivity contribution is 0.327. The Bertz CT molecular complexity index is 1050. The average molecular weight is 396 g/mol. The van der Waals surface area contributed by atoms with E-state index in [4.69, 9.17) is 11.5 Å². The van der Waals surface area contributed by atoms with Crippen LogP contribution in [-0.2, 0) is 6.54 Å². The van der Waals surface area contributed by atoms with Gasteiger partial charge in [-0.2, -0.15) is 4.98 Å². The molecule has 8 nitrogen and oxygen atoms in total. The molecule has 4 rings (SSSR count). The van der Waals surface area contributed by atoms with Gasteiger partial charge in [0.15, 0.2) is 5.96 Å². The quantitative estimate of drug-likeness (QED) is 0.460. The second-order valence-corrected chi connectivity index (χ2v) is 7.05. The Labute approximate surface area is 170 Å². The number of likely N-dealkylation sites (tertiary alicyclic amines) is 1. The van der Waals surface area contributed by atoms with Crippen LogP contribution in [0.25, 0.3) is 16.7 Å². The topological polar surface area (TPSA) is 118 Å². The van der Waals surface area contributed by atoms with Crippen molar-refractivity contribution in [2.24, 2.45) is 16.5 Å². The molecule has 1 fully saturated rings. The van der Waals surface area contributed by atoms with Crippen LogP contribution in [0.15, 0.2) is 46.3 Å². The van der Waals surface area contributed by atoms with E-state index in [2.05, 4.69) is 19.9 Å². The van der Waals surface area contributed by atoms with E-state index < -0.39 is 0 Å². The van der Waals surface area contributed by atoms with Crippen LogP contribution in [-0.4, -0.2) is 44.5 Å². The number of guanidine groups is 1. The zero-order valence-electron chi connectivity index (χ0n) is 17.2. The molecule has 0 amide bonds. The van der Waals surface area contributed by atoms with Gasteiger partial charge in [0.05, 0.1) is 11.7 Å². The smallest absolute Gasteiger partial charge is 0.354 e. The lowest BCUT2D eigenvalue weighted by Gasteiger charge is -2.15. The lowest BCUT2D eigenvalue weighted by Crippen LogP contribution is -2.27. The molecule has 1 aliphatic rings. The van der Waals surface area contributed by atoms with Crippen molar-refractivity contribution >= 4 is 17.0 Å². The predicted molar refractivity (Wildman–Crippen MR) is 117 cm³/mol. The molecule has 1 aromatic carbocycles. The molecule has 0 aliphatic carbocycles. The van der Waals surface area contributed by atoms with Gasteiger partial charge in [-0.1, -0.05) is 26.0 Å². The molecule has 0 bridgehead atoms. The summed E-state index contributed by atoms with van der Waals surface area (Å²) in [7, 11) is 0. The Hall–Kier alpha value is -3.13. The highest BCUT2D eigenvalue weighted by molar-refractivity contribution is 5.76. The minimum atomic E-state index is -0.295.